The highest BCUT2D eigenvalue weighted by Crippen LogP contribution is 2.29. The van der Waals surface area contributed by atoms with E-state index in [2.05, 4.69) is 16.5 Å². The van der Waals surface area contributed by atoms with Crippen LogP contribution < -0.4 is 0 Å². The summed E-state index contributed by atoms with van der Waals surface area (Å²) in [5.74, 6) is 1.76. The third-order valence-electron chi connectivity index (χ3n) is 5.68. The molecule has 7 heteroatoms. The highest BCUT2D eigenvalue weighted by Gasteiger charge is 2.34. The number of aryl methyl sites for hydroxylation is 1. The Balaban J connectivity index is 1.55. The summed E-state index contributed by atoms with van der Waals surface area (Å²) in [6.07, 6.45) is 7.63. The second kappa shape index (κ2) is 8.10. The number of rotatable bonds is 3. The zero-order valence-electron chi connectivity index (χ0n) is 16.2. The minimum Gasteiger partial charge on any atom is -0.342 e. The van der Waals surface area contributed by atoms with E-state index >= 15 is 0 Å². The molecular weight excluding hydrogens is 330 g/mol. The average Bonchev–Trinajstić information content (AvgIpc) is 3.15. The van der Waals surface area contributed by atoms with Crippen molar-refractivity contribution in [2.24, 2.45) is 5.92 Å². The molecule has 1 unspecified atom stereocenters. The molecule has 26 heavy (non-hydrogen) atoms. The number of urea groups is 1. The van der Waals surface area contributed by atoms with Crippen LogP contribution in [0.1, 0.15) is 44.3 Å². The Morgan fingerprint density at radius 3 is 2.54 bits per heavy atom. The summed E-state index contributed by atoms with van der Waals surface area (Å²) in [4.78, 5) is 35.1. The number of imidazole rings is 1. The van der Waals surface area contributed by atoms with E-state index in [1.54, 1.807) is 19.0 Å². The molecular formula is C19H31N5O2. The number of hydrogen-bond donors (Lipinski definition) is 0. The fourth-order valence-electron chi connectivity index (χ4n) is 4.20. The van der Waals surface area contributed by atoms with Gasteiger partial charge < -0.3 is 19.3 Å². The predicted molar refractivity (Wildman–Crippen MR) is 99.8 cm³/mol. The van der Waals surface area contributed by atoms with Crippen LogP contribution in [-0.2, 0) is 11.3 Å². The molecule has 2 fully saturated rings. The molecule has 0 bridgehead atoms. The molecule has 3 rings (SSSR count). The number of nitrogens with zero attached hydrogens (tertiary/aromatic N) is 5. The third-order valence-corrected chi connectivity index (χ3v) is 5.68. The molecule has 2 saturated heterocycles. The smallest absolute Gasteiger partial charge is 0.319 e. The molecule has 0 aliphatic carbocycles. The maximum Gasteiger partial charge on any atom is 0.319 e. The topological polar surface area (TPSA) is 61.7 Å². The minimum absolute atomic E-state index is 0.00705. The monoisotopic (exact) mass is 361 g/mol. The zero-order valence-corrected chi connectivity index (χ0v) is 16.2. The van der Waals surface area contributed by atoms with Crippen molar-refractivity contribution in [2.75, 3.05) is 40.3 Å². The van der Waals surface area contributed by atoms with Gasteiger partial charge in [-0.2, -0.15) is 0 Å². The minimum atomic E-state index is -0.0539. The van der Waals surface area contributed by atoms with Crippen molar-refractivity contribution in [1.82, 2.24) is 24.3 Å². The number of carbonyl (C=O) groups is 2. The quantitative estimate of drug-likeness (QED) is 0.827. The predicted octanol–water partition coefficient (Wildman–Crippen LogP) is 2.00. The van der Waals surface area contributed by atoms with Crippen LogP contribution in [0, 0.1) is 5.92 Å². The second-order valence-corrected chi connectivity index (χ2v) is 7.63. The van der Waals surface area contributed by atoms with Crippen molar-refractivity contribution in [2.45, 2.75) is 45.1 Å². The van der Waals surface area contributed by atoms with Crippen LogP contribution in [-0.4, -0.2) is 76.5 Å². The number of likely N-dealkylation sites (tertiary alicyclic amines) is 2. The first-order valence-corrected chi connectivity index (χ1v) is 9.77. The third kappa shape index (κ3) is 3.86. The molecule has 0 N–H and O–H groups in total. The van der Waals surface area contributed by atoms with Gasteiger partial charge in [-0.1, -0.05) is 0 Å². The number of aromatic nitrogens is 2. The molecule has 0 saturated carbocycles. The summed E-state index contributed by atoms with van der Waals surface area (Å²) in [5, 5.41) is 0. The highest BCUT2D eigenvalue weighted by atomic mass is 16.2. The Morgan fingerprint density at radius 1 is 1.15 bits per heavy atom. The lowest BCUT2D eigenvalue weighted by Crippen LogP contribution is -2.50. The normalized spacial score (nSPS) is 21.7. The highest BCUT2D eigenvalue weighted by molar-refractivity contribution is 5.81. The molecule has 3 amide bonds. The standard InChI is InChI=1S/C19H31N5O2/c1-4-22-13-9-20-17(22)15-7-11-23(12-8-15)18(25)16-6-5-10-24(14-16)19(26)21(2)3/h9,13,15-16H,4-8,10-12,14H2,1-3H3. The van der Waals surface area contributed by atoms with Gasteiger partial charge in [0.1, 0.15) is 5.82 Å². The largest absolute Gasteiger partial charge is 0.342 e. The fraction of sp³-hybridized carbons (Fsp3) is 0.737. The molecule has 2 aliphatic heterocycles. The van der Waals surface area contributed by atoms with E-state index in [-0.39, 0.29) is 17.9 Å². The lowest BCUT2D eigenvalue weighted by Gasteiger charge is -2.38. The van der Waals surface area contributed by atoms with E-state index < -0.39 is 0 Å². The molecule has 3 heterocycles. The summed E-state index contributed by atoms with van der Waals surface area (Å²) in [7, 11) is 3.53. The van der Waals surface area contributed by atoms with Gasteiger partial charge in [0.15, 0.2) is 0 Å². The van der Waals surface area contributed by atoms with Gasteiger partial charge in [-0.15, -0.1) is 0 Å². The lowest BCUT2D eigenvalue weighted by molar-refractivity contribution is -0.138. The number of hydrogen-bond acceptors (Lipinski definition) is 3. The Bertz CT molecular complexity index is 634. The Morgan fingerprint density at radius 2 is 1.88 bits per heavy atom. The van der Waals surface area contributed by atoms with E-state index in [0.717, 1.165) is 57.7 Å². The van der Waals surface area contributed by atoms with Crippen LogP contribution >= 0.6 is 0 Å². The Labute approximate surface area is 156 Å². The average molecular weight is 361 g/mol. The van der Waals surface area contributed by atoms with Crippen molar-refractivity contribution < 1.29 is 9.59 Å². The van der Waals surface area contributed by atoms with Crippen LogP contribution in [0.2, 0.25) is 0 Å². The molecule has 2 aliphatic rings. The first kappa shape index (κ1) is 18.7. The van der Waals surface area contributed by atoms with Gasteiger partial charge in [-0.25, -0.2) is 9.78 Å². The first-order valence-electron chi connectivity index (χ1n) is 9.77. The summed E-state index contributed by atoms with van der Waals surface area (Å²) in [6, 6.07) is 0.00705. The molecule has 1 atom stereocenters. The lowest BCUT2D eigenvalue weighted by atomic mass is 9.92. The van der Waals surface area contributed by atoms with Crippen LogP contribution in [0.5, 0.6) is 0 Å². The van der Waals surface area contributed by atoms with Crippen molar-refractivity contribution >= 4 is 11.9 Å². The van der Waals surface area contributed by atoms with E-state index in [1.165, 1.54) is 0 Å². The first-order chi connectivity index (χ1) is 12.5. The number of carbonyl (C=O) groups excluding carboxylic acids is 2. The van der Waals surface area contributed by atoms with Crippen LogP contribution in [0.25, 0.3) is 0 Å². The molecule has 0 aromatic carbocycles. The maximum atomic E-state index is 13.0. The van der Waals surface area contributed by atoms with Crippen molar-refractivity contribution in [3.05, 3.63) is 18.2 Å². The van der Waals surface area contributed by atoms with E-state index in [4.69, 9.17) is 0 Å². The van der Waals surface area contributed by atoms with Gasteiger partial charge in [0.2, 0.25) is 5.91 Å². The second-order valence-electron chi connectivity index (χ2n) is 7.63. The fourth-order valence-corrected chi connectivity index (χ4v) is 4.20. The molecule has 0 spiro atoms. The van der Waals surface area contributed by atoms with Crippen molar-refractivity contribution in [3.8, 4) is 0 Å². The summed E-state index contributed by atoms with van der Waals surface area (Å²) >= 11 is 0. The van der Waals surface area contributed by atoms with Crippen LogP contribution in [0.3, 0.4) is 0 Å². The van der Waals surface area contributed by atoms with Gasteiger partial charge in [0.25, 0.3) is 0 Å². The molecule has 0 radical (unpaired) electrons. The molecule has 1 aromatic rings. The maximum absolute atomic E-state index is 13.0. The van der Waals surface area contributed by atoms with Gasteiger partial charge in [0, 0.05) is 65.1 Å². The summed E-state index contributed by atoms with van der Waals surface area (Å²) in [6.45, 7) is 5.95. The summed E-state index contributed by atoms with van der Waals surface area (Å²) in [5.41, 5.74) is 0. The molecule has 1 aromatic heterocycles. The van der Waals surface area contributed by atoms with E-state index in [9.17, 15) is 9.59 Å². The summed E-state index contributed by atoms with van der Waals surface area (Å²) < 4.78 is 2.20. The van der Waals surface area contributed by atoms with Crippen molar-refractivity contribution in [3.63, 3.8) is 0 Å². The SMILES string of the molecule is CCn1ccnc1C1CCN(C(=O)C2CCCN(C(=O)N(C)C)C2)CC1. The zero-order chi connectivity index (χ0) is 18.7. The van der Waals surface area contributed by atoms with Gasteiger partial charge in [-0.05, 0) is 32.6 Å². The Hall–Kier alpha value is -2.05. The Kier molecular flexibility index (Phi) is 5.84. The van der Waals surface area contributed by atoms with E-state index in [1.807, 2.05) is 22.2 Å². The van der Waals surface area contributed by atoms with Gasteiger partial charge in [0.05, 0.1) is 5.92 Å². The van der Waals surface area contributed by atoms with E-state index in [0.29, 0.717) is 12.5 Å². The van der Waals surface area contributed by atoms with Gasteiger partial charge >= 0.3 is 6.03 Å². The molecule has 7 nitrogen and oxygen atoms in total. The van der Waals surface area contributed by atoms with Crippen LogP contribution in [0.4, 0.5) is 4.79 Å². The number of piperidine rings is 2. The van der Waals surface area contributed by atoms with Gasteiger partial charge in [-0.3, -0.25) is 4.79 Å². The van der Waals surface area contributed by atoms with Crippen LogP contribution in [0.15, 0.2) is 12.4 Å². The molecule has 144 valence electrons. The number of amides is 3. The van der Waals surface area contributed by atoms with Crippen molar-refractivity contribution in [1.29, 1.82) is 0 Å².